The number of carbonyl (C=O) groups excluding carboxylic acids is 1. The normalized spacial score (nSPS) is 15.0. The van der Waals surface area contributed by atoms with Gasteiger partial charge in [-0.3, -0.25) is 14.6 Å². The molecule has 1 fully saturated rings. The lowest BCUT2D eigenvalue weighted by atomic mass is 10.1. The van der Waals surface area contributed by atoms with Crippen molar-refractivity contribution in [3.8, 4) is 0 Å². The van der Waals surface area contributed by atoms with Gasteiger partial charge in [-0.05, 0) is 20.0 Å². The number of hydrogen-bond donors (Lipinski definition) is 3. The number of aryl methyl sites for hydroxylation is 1. The van der Waals surface area contributed by atoms with Crippen molar-refractivity contribution >= 4 is 11.7 Å². The molecule has 1 aliphatic rings. The molecule has 3 rings (SSSR count). The molecule has 0 aliphatic carbocycles. The SMILES string of the molecule is Cc1[nH]c(=O)[nH]c(=O)c1CC(=O)NCc1cccnc1N1CCN(C)CC1. The third kappa shape index (κ3) is 4.62. The Morgan fingerprint density at radius 1 is 1.22 bits per heavy atom. The highest BCUT2D eigenvalue weighted by atomic mass is 16.2. The lowest BCUT2D eigenvalue weighted by Gasteiger charge is -2.34. The molecule has 1 aliphatic heterocycles. The zero-order chi connectivity index (χ0) is 19.4. The molecule has 0 spiro atoms. The first-order chi connectivity index (χ1) is 12.9. The number of pyridine rings is 1. The Bertz CT molecular complexity index is 927. The van der Waals surface area contributed by atoms with Crippen LogP contribution in [0.5, 0.6) is 0 Å². The van der Waals surface area contributed by atoms with Crippen molar-refractivity contribution in [2.24, 2.45) is 0 Å². The van der Waals surface area contributed by atoms with Gasteiger partial charge in [0, 0.05) is 55.7 Å². The van der Waals surface area contributed by atoms with Gasteiger partial charge in [-0.2, -0.15) is 0 Å². The van der Waals surface area contributed by atoms with Crippen LogP contribution in [-0.4, -0.2) is 59.0 Å². The van der Waals surface area contributed by atoms with Gasteiger partial charge in [0.25, 0.3) is 5.56 Å². The van der Waals surface area contributed by atoms with Gasteiger partial charge in [-0.15, -0.1) is 0 Å². The molecule has 27 heavy (non-hydrogen) atoms. The molecular formula is C18H24N6O3. The zero-order valence-corrected chi connectivity index (χ0v) is 15.5. The molecule has 3 heterocycles. The van der Waals surface area contributed by atoms with E-state index >= 15 is 0 Å². The average Bonchev–Trinajstić information content (AvgIpc) is 2.64. The van der Waals surface area contributed by atoms with Crippen LogP contribution in [0.4, 0.5) is 5.82 Å². The Balaban J connectivity index is 1.66. The molecule has 0 atom stereocenters. The minimum Gasteiger partial charge on any atom is -0.354 e. The van der Waals surface area contributed by atoms with Crippen LogP contribution in [0.2, 0.25) is 0 Å². The fraction of sp³-hybridized carbons (Fsp3) is 0.444. The Kier molecular flexibility index (Phi) is 5.70. The number of nitrogens with one attached hydrogen (secondary N) is 3. The van der Waals surface area contributed by atoms with Gasteiger partial charge in [0.05, 0.1) is 6.42 Å². The highest BCUT2D eigenvalue weighted by molar-refractivity contribution is 5.78. The van der Waals surface area contributed by atoms with E-state index in [1.54, 1.807) is 13.1 Å². The standard InChI is InChI=1S/C18H24N6O3/c1-12-14(17(26)22-18(27)21-12)10-15(25)20-11-13-4-3-5-19-16(13)24-8-6-23(2)7-9-24/h3-5H,6-11H2,1-2H3,(H,20,25)(H2,21,22,26,27). The van der Waals surface area contributed by atoms with E-state index in [2.05, 4.69) is 37.1 Å². The minimum atomic E-state index is -0.575. The second-order valence-electron chi connectivity index (χ2n) is 6.74. The topological polar surface area (TPSA) is 114 Å². The van der Waals surface area contributed by atoms with Crippen LogP contribution in [0.1, 0.15) is 16.8 Å². The van der Waals surface area contributed by atoms with Crippen molar-refractivity contribution in [1.29, 1.82) is 0 Å². The molecule has 3 N–H and O–H groups in total. The molecule has 2 aromatic heterocycles. The van der Waals surface area contributed by atoms with Crippen molar-refractivity contribution in [3.63, 3.8) is 0 Å². The van der Waals surface area contributed by atoms with Gasteiger partial charge < -0.3 is 20.1 Å². The number of H-pyrrole nitrogens is 2. The van der Waals surface area contributed by atoms with Crippen LogP contribution < -0.4 is 21.5 Å². The van der Waals surface area contributed by atoms with E-state index in [0.717, 1.165) is 37.6 Å². The number of piperazine rings is 1. The monoisotopic (exact) mass is 372 g/mol. The predicted octanol–water partition coefficient (Wildman–Crippen LogP) is -0.623. The van der Waals surface area contributed by atoms with Gasteiger partial charge in [0.2, 0.25) is 5.91 Å². The maximum absolute atomic E-state index is 12.3. The molecular weight excluding hydrogens is 348 g/mol. The summed E-state index contributed by atoms with van der Waals surface area (Å²) in [6.07, 6.45) is 1.66. The van der Waals surface area contributed by atoms with E-state index in [4.69, 9.17) is 0 Å². The number of amides is 1. The van der Waals surface area contributed by atoms with Crippen LogP contribution in [0, 0.1) is 6.92 Å². The van der Waals surface area contributed by atoms with Crippen LogP contribution in [0.15, 0.2) is 27.9 Å². The van der Waals surface area contributed by atoms with Gasteiger partial charge in [-0.1, -0.05) is 6.07 Å². The number of nitrogens with zero attached hydrogens (tertiary/aromatic N) is 3. The van der Waals surface area contributed by atoms with Crippen molar-refractivity contribution in [2.75, 3.05) is 38.1 Å². The van der Waals surface area contributed by atoms with Crippen LogP contribution in [0.25, 0.3) is 0 Å². The number of rotatable bonds is 5. The van der Waals surface area contributed by atoms with Crippen molar-refractivity contribution in [2.45, 2.75) is 19.9 Å². The van der Waals surface area contributed by atoms with E-state index in [9.17, 15) is 14.4 Å². The zero-order valence-electron chi connectivity index (χ0n) is 15.5. The molecule has 2 aromatic rings. The first-order valence-electron chi connectivity index (χ1n) is 8.90. The Morgan fingerprint density at radius 3 is 2.67 bits per heavy atom. The maximum atomic E-state index is 12.3. The number of carbonyl (C=O) groups is 1. The van der Waals surface area contributed by atoms with Crippen LogP contribution in [-0.2, 0) is 17.8 Å². The molecule has 0 aromatic carbocycles. The smallest absolute Gasteiger partial charge is 0.325 e. The Hall–Kier alpha value is -2.94. The molecule has 144 valence electrons. The molecule has 1 saturated heterocycles. The number of aromatic amines is 2. The van der Waals surface area contributed by atoms with Gasteiger partial charge in [0.15, 0.2) is 0 Å². The average molecular weight is 372 g/mol. The fourth-order valence-electron chi connectivity index (χ4n) is 3.13. The molecule has 9 nitrogen and oxygen atoms in total. The summed E-state index contributed by atoms with van der Waals surface area (Å²) in [4.78, 5) is 49.1. The van der Waals surface area contributed by atoms with Crippen LogP contribution >= 0.6 is 0 Å². The predicted molar refractivity (Wildman–Crippen MR) is 102 cm³/mol. The van der Waals surface area contributed by atoms with Crippen LogP contribution in [0.3, 0.4) is 0 Å². The summed E-state index contributed by atoms with van der Waals surface area (Å²) >= 11 is 0. The maximum Gasteiger partial charge on any atom is 0.325 e. The molecule has 0 radical (unpaired) electrons. The Morgan fingerprint density at radius 2 is 1.96 bits per heavy atom. The summed E-state index contributed by atoms with van der Waals surface area (Å²) in [5.41, 5.74) is 0.484. The minimum absolute atomic E-state index is 0.0952. The Labute approximate surface area is 156 Å². The van der Waals surface area contributed by atoms with E-state index in [1.807, 2.05) is 12.1 Å². The first kappa shape index (κ1) is 18.8. The lowest BCUT2D eigenvalue weighted by Crippen LogP contribution is -2.45. The van der Waals surface area contributed by atoms with E-state index in [-0.39, 0.29) is 17.9 Å². The van der Waals surface area contributed by atoms with E-state index in [0.29, 0.717) is 12.2 Å². The summed E-state index contributed by atoms with van der Waals surface area (Å²) in [6, 6.07) is 3.79. The summed E-state index contributed by atoms with van der Waals surface area (Å²) in [6.45, 7) is 5.65. The highest BCUT2D eigenvalue weighted by Gasteiger charge is 2.18. The van der Waals surface area contributed by atoms with Gasteiger partial charge in [0.1, 0.15) is 5.82 Å². The summed E-state index contributed by atoms with van der Waals surface area (Å²) < 4.78 is 0. The largest absolute Gasteiger partial charge is 0.354 e. The van der Waals surface area contributed by atoms with Crippen molar-refractivity contribution < 1.29 is 4.79 Å². The number of likely N-dealkylation sites (N-methyl/N-ethyl adjacent to an activating group) is 1. The number of anilines is 1. The molecule has 9 heteroatoms. The van der Waals surface area contributed by atoms with Gasteiger partial charge >= 0.3 is 5.69 Å². The van der Waals surface area contributed by atoms with Crippen molar-refractivity contribution in [3.05, 3.63) is 56.0 Å². The molecule has 0 saturated carbocycles. The molecule has 1 amide bonds. The number of aromatic nitrogens is 3. The fourth-order valence-corrected chi connectivity index (χ4v) is 3.13. The molecule has 0 unspecified atom stereocenters. The lowest BCUT2D eigenvalue weighted by molar-refractivity contribution is -0.120. The van der Waals surface area contributed by atoms with Gasteiger partial charge in [-0.25, -0.2) is 9.78 Å². The third-order valence-corrected chi connectivity index (χ3v) is 4.74. The summed E-state index contributed by atoms with van der Waals surface area (Å²) in [5.74, 6) is 0.591. The van der Waals surface area contributed by atoms with E-state index < -0.39 is 11.2 Å². The van der Waals surface area contributed by atoms with Crippen molar-refractivity contribution in [1.82, 2.24) is 25.2 Å². The highest BCUT2D eigenvalue weighted by Crippen LogP contribution is 2.18. The third-order valence-electron chi connectivity index (χ3n) is 4.74. The quantitative estimate of drug-likeness (QED) is 0.644. The van der Waals surface area contributed by atoms with E-state index in [1.165, 1.54) is 0 Å². The summed E-state index contributed by atoms with van der Waals surface area (Å²) in [5, 5.41) is 2.84. The second kappa shape index (κ2) is 8.17. The number of hydrogen-bond acceptors (Lipinski definition) is 6. The first-order valence-corrected chi connectivity index (χ1v) is 8.90. The summed E-state index contributed by atoms with van der Waals surface area (Å²) in [7, 11) is 2.09. The second-order valence-corrected chi connectivity index (χ2v) is 6.74. The molecule has 0 bridgehead atoms.